The smallest absolute Gasteiger partial charge is 0.335 e. The molecule has 5 nitrogen and oxygen atoms in total. The zero-order valence-electron chi connectivity index (χ0n) is 11.7. The lowest BCUT2D eigenvalue weighted by atomic mass is 10.1. The molecule has 2 N–H and O–H groups in total. The number of amides is 1. The van der Waals surface area contributed by atoms with Crippen molar-refractivity contribution < 1.29 is 19.4 Å². The zero-order chi connectivity index (χ0) is 14.8. The van der Waals surface area contributed by atoms with Crippen molar-refractivity contribution in [3.05, 3.63) is 35.4 Å². The first-order valence-corrected chi connectivity index (χ1v) is 6.71. The highest BCUT2D eigenvalue weighted by Crippen LogP contribution is 2.05. The van der Waals surface area contributed by atoms with Crippen molar-refractivity contribution in [1.29, 1.82) is 0 Å². The molecule has 1 aromatic carbocycles. The van der Waals surface area contributed by atoms with Crippen LogP contribution in [0.5, 0.6) is 0 Å². The third-order valence-electron chi connectivity index (χ3n) is 2.94. The summed E-state index contributed by atoms with van der Waals surface area (Å²) in [5.41, 5.74) is 1.28. The molecule has 0 aliphatic carbocycles. The molecule has 5 heteroatoms. The number of aromatic carboxylic acids is 1. The quantitative estimate of drug-likeness (QED) is 0.677. The van der Waals surface area contributed by atoms with Gasteiger partial charge in [-0.15, -0.1) is 0 Å². The minimum absolute atomic E-state index is 0.0447. The number of hydrogen-bond acceptors (Lipinski definition) is 3. The summed E-state index contributed by atoms with van der Waals surface area (Å²) in [7, 11) is 1.65. The number of rotatable bonds is 9. The number of carbonyl (C=O) groups is 2. The van der Waals surface area contributed by atoms with Crippen LogP contribution in [0.4, 0.5) is 0 Å². The summed E-state index contributed by atoms with van der Waals surface area (Å²) in [6.07, 6.45) is 2.93. The summed E-state index contributed by atoms with van der Waals surface area (Å²) in [4.78, 5) is 22.2. The minimum Gasteiger partial charge on any atom is -0.478 e. The van der Waals surface area contributed by atoms with Gasteiger partial charge in [0.1, 0.15) is 0 Å². The van der Waals surface area contributed by atoms with Crippen molar-refractivity contribution in [3.8, 4) is 0 Å². The predicted octanol–water partition coefficient (Wildman–Crippen LogP) is 1.86. The van der Waals surface area contributed by atoms with Crippen molar-refractivity contribution in [3.63, 3.8) is 0 Å². The van der Waals surface area contributed by atoms with E-state index in [1.54, 1.807) is 31.4 Å². The molecule has 0 saturated heterocycles. The van der Waals surface area contributed by atoms with Gasteiger partial charge in [-0.05, 0) is 37.0 Å². The Bertz CT molecular complexity index is 428. The van der Waals surface area contributed by atoms with E-state index in [0.29, 0.717) is 26.0 Å². The van der Waals surface area contributed by atoms with Crippen LogP contribution in [0.15, 0.2) is 24.3 Å². The Hall–Kier alpha value is -1.88. The van der Waals surface area contributed by atoms with E-state index in [-0.39, 0.29) is 11.5 Å². The predicted molar refractivity (Wildman–Crippen MR) is 75.8 cm³/mol. The highest BCUT2D eigenvalue weighted by atomic mass is 16.5. The van der Waals surface area contributed by atoms with Gasteiger partial charge in [0, 0.05) is 26.7 Å². The average Bonchev–Trinajstić information content (AvgIpc) is 2.44. The van der Waals surface area contributed by atoms with Crippen LogP contribution < -0.4 is 5.32 Å². The molecule has 0 saturated carbocycles. The van der Waals surface area contributed by atoms with E-state index in [0.717, 1.165) is 18.4 Å². The number of carbonyl (C=O) groups excluding carboxylic acids is 1. The fourth-order valence-electron chi connectivity index (χ4n) is 1.78. The van der Waals surface area contributed by atoms with E-state index >= 15 is 0 Å². The van der Waals surface area contributed by atoms with Crippen LogP contribution in [0.1, 0.15) is 35.2 Å². The highest BCUT2D eigenvalue weighted by molar-refractivity contribution is 5.87. The summed E-state index contributed by atoms with van der Waals surface area (Å²) < 4.78 is 4.92. The molecule has 1 amide bonds. The van der Waals surface area contributed by atoms with Crippen molar-refractivity contribution in [2.75, 3.05) is 20.3 Å². The van der Waals surface area contributed by atoms with Crippen molar-refractivity contribution in [2.24, 2.45) is 0 Å². The van der Waals surface area contributed by atoms with Crippen LogP contribution in [0, 0.1) is 0 Å². The molecule has 0 heterocycles. The van der Waals surface area contributed by atoms with E-state index in [1.165, 1.54) is 0 Å². The molecule has 0 unspecified atom stereocenters. The first-order chi connectivity index (χ1) is 9.63. The molecule has 0 bridgehead atoms. The molecular weight excluding hydrogens is 258 g/mol. The van der Waals surface area contributed by atoms with Gasteiger partial charge in [0.25, 0.3) is 0 Å². The number of ether oxygens (including phenoxy) is 1. The maximum atomic E-state index is 11.5. The summed E-state index contributed by atoms with van der Waals surface area (Å²) in [6, 6.07) is 6.69. The first-order valence-electron chi connectivity index (χ1n) is 6.71. The van der Waals surface area contributed by atoms with Gasteiger partial charge in [-0.2, -0.15) is 0 Å². The van der Waals surface area contributed by atoms with Crippen molar-refractivity contribution in [1.82, 2.24) is 5.32 Å². The van der Waals surface area contributed by atoms with Gasteiger partial charge in [-0.1, -0.05) is 12.1 Å². The number of hydrogen-bond donors (Lipinski definition) is 2. The van der Waals surface area contributed by atoms with Crippen LogP contribution in [0.2, 0.25) is 0 Å². The van der Waals surface area contributed by atoms with Gasteiger partial charge >= 0.3 is 5.97 Å². The Kier molecular flexibility index (Phi) is 7.35. The number of carboxylic acids is 1. The number of nitrogens with one attached hydrogen (secondary N) is 1. The van der Waals surface area contributed by atoms with Crippen LogP contribution in [-0.2, 0) is 16.0 Å². The van der Waals surface area contributed by atoms with E-state index in [1.807, 2.05) is 0 Å². The van der Waals surface area contributed by atoms with E-state index in [4.69, 9.17) is 9.84 Å². The summed E-state index contributed by atoms with van der Waals surface area (Å²) in [5, 5.41) is 11.6. The van der Waals surface area contributed by atoms with E-state index < -0.39 is 5.97 Å². The minimum atomic E-state index is -0.930. The summed E-state index contributed by atoms with van der Waals surface area (Å²) in [6.45, 7) is 1.25. The standard InChI is InChI=1S/C15H21NO4/c1-20-11-3-2-4-14(17)16-10-9-12-5-7-13(8-6-12)15(18)19/h5-8H,2-4,9-11H2,1H3,(H,16,17)(H,18,19). The largest absolute Gasteiger partial charge is 0.478 e. The summed E-state index contributed by atoms with van der Waals surface area (Å²) in [5.74, 6) is -0.885. The number of carboxylic acid groups (broad SMARTS) is 1. The molecule has 0 aliphatic rings. The topological polar surface area (TPSA) is 75.6 Å². The molecule has 0 aromatic heterocycles. The Labute approximate surface area is 118 Å². The molecule has 0 fully saturated rings. The first kappa shape index (κ1) is 16.2. The van der Waals surface area contributed by atoms with E-state index in [9.17, 15) is 9.59 Å². The van der Waals surface area contributed by atoms with Gasteiger partial charge in [0.2, 0.25) is 5.91 Å². The van der Waals surface area contributed by atoms with Crippen LogP contribution >= 0.6 is 0 Å². The second-order valence-electron chi connectivity index (χ2n) is 4.55. The van der Waals surface area contributed by atoms with Gasteiger partial charge < -0.3 is 15.2 Å². The van der Waals surface area contributed by atoms with Gasteiger partial charge in [-0.3, -0.25) is 4.79 Å². The Morgan fingerprint density at radius 3 is 2.50 bits per heavy atom. The second kappa shape index (κ2) is 9.09. The number of methoxy groups -OCH3 is 1. The fourth-order valence-corrected chi connectivity index (χ4v) is 1.78. The Balaban J connectivity index is 2.20. The van der Waals surface area contributed by atoms with Crippen molar-refractivity contribution in [2.45, 2.75) is 25.7 Å². The van der Waals surface area contributed by atoms with Crippen LogP contribution in [0.3, 0.4) is 0 Å². The molecule has 1 aromatic rings. The average molecular weight is 279 g/mol. The molecule has 1 rings (SSSR count). The lowest BCUT2D eigenvalue weighted by molar-refractivity contribution is -0.121. The maximum Gasteiger partial charge on any atom is 0.335 e. The lowest BCUT2D eigenvalue weighted by Crippen LogP contribution is -2.25. The SMILES string of the molecule is COCCCCC(=O)NCCc1ccc(C(=O)O)cc1. The van der Waals surface area contributed by atoms with Gasteiger partial charge in [-0.25, -0.2) is 4.79 Å². The molecule has 0 atom stereocenters. The number of benzene rings is 1. The third kappa shape index (κ3) is 6.33. The van der Waals surface area contributed by atoms with E-state index in [2.05, 4.69) is 5.32 Å². The van der Waals surface area contributed by atoms with Crippen molar-refractivity contribution >= 4 is 11.9 Å². The molecule has 0 aliphatic heterocycles. The third-order valence-corrected chi connectivity index (χ3v) is 2.94. The molecule has 0 radical (unpaired) electrons. The molecule has 20 heavy (non-hydrogen) atoms. The zero-order valence-corrected chi connectivity index (χ0v) is 11.7. The lowest BCUT2D eigenvalue weighted by Gasteiger charge is -2.05. The van der Waals surface area contributed by atoms with Crippen LogP contribution in [-0.4, -0.2) is 37.2 Å². The second-order valence-corrected chi connectivity index (χ2v) is 4.55. The fraction of sp³-hybridized carbons (Fsp3) is 0.467. The number of unbranched alkanes of at least 4 members (excludes halogenated alkanes) is 1. The molecular formula is C15H21NO4. The molecule has 110 valence electrons. The van der Waals surface area contributed by atoms with Gasteiger partial charge in [0.05, 0.1) is 5.56 Å². The highest BCUT2D eigenvalue weighted by Gasteiger charge is 2.03. The molecule has 0 spiro atoms. The normalized spacial score (nSPS) is 10.2. The Morgan fingerprint density at radius 2 is 1.90 bits per heavy atom. The monoisotopic (exact) mass is 279 g/mol. The maximum absolute atomic E-state index is 11.5. The van der Waals surface area contributed by atoms with Gasteiger partial charge in [0.15, 0.2) is 0 Å². The Morgan fingerprint density at radius 1 is 1.20 bits per heavy atom. The van der Waals surface area contributed by atoms with Crippen LogP contribution in [0.25, 0.3) is 0 Å². The summed E-state index contributed by atoms with van der Waals surface area (Å²) >= 11 is 0.